The topological polar surface area (TPSA) is 39.1 Å². The van der Waals surface area contributed by atoms with E-state index in [-0.39, 0.29) is 11.8 Å². The normalized spacial score (nSPS) is 12.6. The zero-order valence-electron chi connectivity index (χ0n) is 11.2. The number of aromatic nitrogens is 2. The first-order valence-electron chi connectivity index (χ1n) is 6.39. The van der Waals surface area contributed by atoms with E-state index in [4.69, 9.17) is 0 Å². The molecule has 0 fully saturated rings. The standard InChI is InChI=1S/C14H17F2N3O/c1-11(18-7-9-19-8-6-17-10-19)12-4-2-3-5-13(12)20-14(15)16/h2-6,8,10-11,14,18H,7,9H2,1H3. The van der Waals surface area contributed by atoms with Gasteiger partial charge in [0.15, 0.2) is 0 Å². The third kappa shape index (κ3) is 4.03. The highest BCUT2D eigenvalue weighted by atomic mass is 19.3. The summed E-state index contributed by atoms with van der Waals surface area (Å²) in [6.07, 6.45) is 5.33. The smallest absolute Gasteiger partial charge is 0.387 e. The van der Waals surface area contributed by atoms with Gasteiger partial charge in [-0.1, -0.05) is 18.2 Å². The van der Waals surface area contributed by atoms with Crippen molar-refractivity contribution in [3.63, 3.8) is 0 Å². The summed E-state index contributed by atoms with van der Waals surface area (Å²) in [5.41, 5.74) is 0.721. The number of para-hydroxylation sites is 1. The molecule has 0 aliphatic rings. The van der Waals surface area contributed by atoms with Gasteiger partial charge in [0.1, 0.15) is 5.75 Å². The zero-order chi connectivity index (χ0) is 14.4. The molecule has 1 atom stereocenters. The predicted octanol–water partition coefficient (Wildman–Crippen LogP) is 2.84. The lowest BCUT2D eigenvalue weighted by Gasteiger charge is -2.18. The van der Waals surface area contributed by atoms with Crippen LogP contribution in [0, 0.1) is 0 Å². The molecular weight excluding hydrogens is 264 g/mol. The number of alkyl halides is 2. The van der Waals surface area contributed by atoms with Gasteiger partial charge in [0.05, 0.1) is 6.33 Å². The predicted molar refractivity (Wildman–Crippen MR) is 71.7 cm³/mol. The van der Waals surface area contributed by atoms with E-state index in [9.17, 15) is 8.78 Å². The molecule has 1 N–H and O–H groups in total. The van der Waals surface area contributed by atoms with Crippen molar-refractivity contribution in [3.8, 4) is 5.75 Å². The first kappa shape index (κ1) is 14.5. The van der Waals surface area contributed by atoms with Crippen LogP contribution in [0.1, 0.15) is 18.5 Å². The lowest BCUT2D eigenvalue weighted by molar-refractivity contribution is -0.0506. The maximum atomic E-state index is 12.3. The third-order valence-electron chi connectivity index (χ3n) is 2.98. The molecule has 1 heterocycles. The van der Waals surface area contributed by atoms with E-state index in [1.165, 1.54) is 0 Å². The van der Waals surface area contributed by atoms with Crippen LogP contribution >= 0.6 is 0 Å². The molecule has 1 aromatic heterocycles. The number of hydrogen-bond donors (Lipinski definition) is 1. The summed E-state index contributed by atoms with van der Waals surface area (Å²) in [6.45, 7) is 0.582. The summed E-state index contributed by atoms with van der Waals surface area (Å²) >= 11 is 0. The number of halogens is 2. The van der Waals surface area contributed by atoms with Crippen molar-refractivity contribution in [1.82, 2.24) is 14.9 Å². The van der Waals surface area contributed by atoms with Crippen LogP contribution in [-0.2, 0) is 6.54 Å². The zero-order valence-corrected chi connectivity index (χ0v) is 11.2. The number of nitrogens with zero attached hydrogens (tertiary/aromatic N) is 2. The summed E-state index contributed by atoms with van der Waals surface area (Å²) in [5, 5.41) is 3.28. The molecule has 2 rings (SSSR count). The monoisotopic (exact) mass is 281 g/mol. The summed E-state index contributed by atoms with van der Waals surface area (Å²) in [5.74, 6) is 0.213. The van der Waals surface area contributed by atoms with Gasteiger partial charge >= 0.3 is 6.61 Å². The second-order valence-corrected chi connectivity index (χ2v) is 4.39. The van der Waals surface area contributed by atoms with E-state index < -0.39 is 6.61 Å². The number of hydrogen-bond acceptors (Lipinski definition) is 3. The van der Waals surface area contributed by atoms with Crippen molar-refractivity contribution in [2.24, 2.45) is 0 Å². The van der Waals surface area contributed by atoms with Crippen LogP contribution in [0.2, 0.25) is 0 Å². The Morgan fingerprint density at radius 2 is 2.15 bits per heavy atom. The molecule has 0 saturated heterocycles. The Kier molecular flexibility index (Phi) is 5.06. The summed E-state index contributed by atoms with van der Waals surface area (Å²) < 4.78 is 31.2. The molecule has 20 heavy (non-hydrogen) atoms. The van der Waals surface area contributed by atoms with E-state index in [0.717, 1.165) is 12.1 Å². The summed E-state index contributed by atoms with van der Waals surface area (Å²) in [4.78, 5) is 3.96. The fourth-order valence-corrected chi connectivity index (χ4v) is 1.98. The molecule has 0 aliphatic carbocycles. The minimum Gasteiger partial charge on any atom is -0.434 e. The van der Waals surface area contributed by atoms with Crippen molar-refractivity contribution in [2.75, 3.05) is 6.54 Å². The van der Waals surface area contributed by atoms with Gasteiger partial charge in [-0.05, 0) is 13.0 Å². The molecule has 2 aromatic rings. The average molecular weight is 281 g/mol. The Hall–Kier alpha value is -1.95. The molecule has 0 spiro atoms. The summed E-state index contributed by atoms with van der Waals surface area (Å²) in [6, 6.07) is 6.75. The first-order valence-corrected chi connectivity index (χ1v) is 6.39. The number of imidazole rings is 1. The van der Waals surface area contributed by atoms with Crippen LogP contribution in [0.15, 0.2) is 43.0 Å². The van der Waals surface area contributed by atoms with Crippen molar-refractivity contribution in [3.05, 3.63) is 48.5 Å². The van der Waals surface area contributed by atoms with Crippen LogP contribution in [0.5, 0.6) is 5.75 Å². The Morgan fingerprint density at radius 1 is 1.35 bits per heavy atom. The van der Waals surface area contributed by atoms with Gasteiger partial charge < -0.3 is 14.6 Å². The van der Waals surface area contributed by atoms with Crippen molar-refractivity contribution >= 4 is 0 Å². The molecule has 0 saturated carbocycles. The second kappa shape index (κ2) is 7.00. The Labute approximate surface area is 116 Å². The fourth-order valence-electron chi connectivity index (χ4n) is 1.98. The second-order valence-electron chi connectivity index (χ2n) is 4.39. The van der Waals surface area contributed by atoms with E-state index >= 15 is 0 Å². The highest BCUT2D eigenvalue weighted by Gasteiger charge is 2.13. The van der Waals surface area contributed by atoms with Crippen LogP contribution in [0.3, 0.4) is 0 Å². The minimum atomic E-state index is -2.81. The van der Waals surface area contributed by atoms with Gasteiger partial charge in [-0.25, -0.2) is 4.98 Å². The number of rotatable bonds is 7. The SMILES string of the molecule is CC(NCCn1ccnc1)c1ccccc1OC(F)F. The van der Waals surface area contributed by atoms with Gasteiger partial charge in [0.2, 0.25) is 0 Å². The van der Waals surface area contributed by atoms with Gasteiger partial charge in [0, 0.05) is 37.1 Å². The lowest BCUT2D eigenvalue weighted by Crippen LogP contribution is -2.23. The largest absolute Gasteiger partial charge is 0.434 e. The summed E-state index contributed by atoms with van der Waals surface area (Å²) in [7, 11) is 0. The van der Waals surface area contributed by atoms with E-state index in [1.54, 1.807) is 30.7 Å². The highest BCUT2D eigenvalue weighted by Crippen LogP contribution is 2.26. The molecule has 1 aromatic carbocycles. The molecule has 0 bridgehead atoms. The Balaban J connectivity index is 1.92. The van der Waals surface area contributed by atoms with Gasteiger partial charge in [-0.15, -0.1) is 0 Å². The lowest BCUT2D eigenvalue weighted by atomic mass is 10.1. The van der Waals surface area contributed by atoms with Crippen LogP contribution in [0.4, 0.5) is 8.78 Å². The van der Waals surface area contributed by atoms with Gasteiger partial charge in [0.25, 0.3) is 0 Å². The van der Waals surface area contributed by atoms with Gasteiger partial charge in [-0.3, -0.25) is 0 Å². The Bertz CT molecular complexity index is 517. The van der Waals surface area contributed by atoms with Crippen molar-refractivity contribution in [2.45, 2.75) is 26.1 Å². The molecule has 4 nitrogen and oxygen atoms in total. The molecular formula is C14H17F2N3O. The molecule has 1 unspecified atom stereocenters. The molecule has 0 aliphatic heterocycles. The van der Waals surface area contributed by atoms with Crippen molar-refractivity contribution in [1.29, 1.82) is 0 Å². The first-order chi connectivity index (χ1) is 9.66. The Morgan fingerprint density at radius 3 is 2.85 bits per heavy atom. The maximum absolute atomic E-state index is 12.3. The number of ether oxygens (including phenoxy) is 1. The van der Waals surface area contributed by atoms with Crippen LogP contribution < -0.4 is 10.1 Å². The van der Waals surface area contributed by atoms with Crippen LogP contribution in [0.25, 0.3) is 0 Å². The average Bonchev–Trinajstić information content (AvgIpc) is 2.91. The van der Waals surface area contributed by atoms with Crippen molar-refractivity contribution < 1.29 is 13.5 Å². The molecule has 0 amide bonds. The fraction of sp³-hybridized carbons (Fsp3) is 0.357. The molecule has 0 radical (unpaired) electrons. The van der Waals surface area contributed by atoms with E-state index in [1.807, 2.05) is 23.8 Å². The molecule has 108 valence electrons. The molecule has 6 heteroatoms. The van der Waals surface area contributed by atoms with E-state index in [0.29, 0.717) is 6.54 Å². The van der Waals surface area contributed by atoms with E-state index in [2.05, 4.69) is 15.0 Å². The number of benzene rings is 1. The van der Waals surface area contributed by atoms with Crippen LogP contribution in [-0.4, -0.2) is 22.7 Å². The quantitative estimate of drug-likeness (QED) is 0.848. The van der Waals surface area contributed by atoms with Gasteiger partial charge in [-0.2, -0.15) is 8.78 Å². The third-order valence-corrected chi connectivity index (χ3v) is 2.98. The highest BCUT2D eigenvalue weighted by molar-refractivity contribution is 5.35. The maximum Gasteiger partial charge on any atom is 0.387 e. The minimum absolute atomic E-state index is 0.0755. The number of nitrogens with one attached hydrogen (secondary N) is 1.